The van der Waals surface area contributed by atoms with Crippen molar-refractivity contribution >= 4 is 23.9 Å². The summed E-state index contributed by atoms with van der Waals surface area (Å²) in [7, 11) is 0. The van der Waals surface area contributed by atoms with Gasteiger partial charge in [-0.2, -0.15) is 0 Å². The molecular weight excluding hydrogens is 850 g/mol. The van der Waals surface area contributed by atoms with E-state index in [2.05, 4.69) is 50.0 Å². The fourth-order valence-corrected chi connectivity index (χ4v) is 12.1. The zero-order valence-electron chi connectivity index (χ0n) is 44.4. The van der Waals surface area contributed by atoms with E-state index in [0.29, 0.717) is 32.1 Å². The number of nitrogens with zero attached hydrogens (tertiary/aromatic N) is 1. The molecule has 2 aliphatic carbocycles. The molecule has 0 bridgehead atoms. The Hall–Kier alpha value is -1.21. The van der Waals surface area contributed by atoms with Crippen molar-refractivity contribution in [3.8, 4) is 0 Å². The van der Waals surface area contributed by atoms with Crippen LogP contribution < -0.4 is 0 Å². The number of rotatable bonds is 48. The van der Waals surface area contributed by atoms with Crippen molar-refractivity contribution in [3.05, 3.63) is 24.3 Å². The van der Waals surface area contributed by atoms with Crippen LogP contribution in [0.4, 0.5) is 0 Å². The number of carbonyl (C=O) groups excluding carboxylic acids is 1. The Morgan fingerprint density at radius 3 is 1.43 bits per heavy atom. The van der Waals surface area contributed by atoms with E-state index >= 15 is 0 Å². The quantitative estimate of drug-likeness (QED) is 0.0243. The first-order valence-electron chi connectivity index (χ1n) is 29.4. The van der Waals surface area contributed by atoms with Crippen LogP contribution in [0.3, 0.4) is 0 Å². The van der Waals surface area contributed by atoms with Gasteiger partial charge >= 0.3 is 5.97 Å². The number of carbonyl (C=O) groups is 2. The van der Waals surface area contributed by atoms with Gasteiger partial charge in [-0.1, -0.05) is 244 Å². The summed E-state index contributed by atoms with van der Waals surface area (Å²) in [6.07, 6.45) is 57.5. The minimum absolute atomic E-state index is 0.00446. The lowest BCUT2D eigenvalue weighted by atomic mass is 9.63. The van der Waals surface area contributed by atoms with Crippen LogP contribution in [0.2, 0.25) is 0 Å². The number of aliphatic hydroxyl groups is 2. The molecule has 0 radical (unpaired) electrons. The molecule has 0 amide bonds. The van der Waals surface area contributed by atoms with Crippen molar-refractivity contribution in [1.29, 1.82) is 0 Å². The van der Waals surface area contributed by atoms with Crippen LogP contribution >= 0.6 is 11.6 Å². The van der Waals surface area contributed by atoms with Gasteiger partial charge in [-0.05, 0) is 88.6 Å². The summed E-state index contributed by atoms with van der Waals surface area (Å²) in [5.41, 5.74) is -1.16. The van der Waals surface area contributed by atoms with Gasteiger partial charge in [0.05, 0.1) is 12.2 Å². The average Bonchev–Trinajstić information content (AvgIpc) is 3.57. The van der Waals surface area contributed by atoms with Crippen LogP contribution in [-0.2, 0) is 9.59 Å². The van der Waals surface area contributed by atoms with Crippen LogP contribution in [0.25, 0.3) is 0 Å². The van der Waals surface area contributed by atoms with E-state index in [4.69, 9.17) is 11.6 Å². The van der Waals surface area contributed by atoms with E-state index in [1.165, 1.54) is 186 Å². The minimum atomic E-state index is -1.21. The molecule has 0 aromatic carbocycles. The van der Waals surface area contributed by atoms with Crippen LogP contribution in [0.5, 0.6) is 0 Å². The van der Waals surface area contributed by atoms with E-state index < -0.39 is 17.6 Å². The fraction of sp³-hybridized carbons (Fsp3) is 0.900. The van der Waals surface area contributed by atoms with Gasteiger partial charge in [0.1, 0.15) is 11.8 Å². The van der Waals surface area contributed by atoms with Gasteiger partial charge < -0.3 is 20.1 Å². The first kappa shape index (κ1) is 61.9. The summed E-state index contributed by atoms with van der Waals surface area (Å²) in [5, 5.41) is 32.7. The molecular formula is C60H110ClNO5. The Morgan fingerprint density at radius 1 is 0.657 bits per heavy atom. The third-order valence-electron chi connectivity index (χ3n) is 16.6. The maximum atomic E-state index is 13.3. The molecule has 6 nitrogen and oxygen atoms in total. The zero-order chi connectivity index (χ0) is 48.7. The SMILES string of the molecule is CCCCCCCCCCCCCCCCCCN(CCCCCCCCCCCCCCCCCC)C(CC=O)(CC/C=C\C[C@@H]1[C@@H](/C=C/C[C@H](O)C2(CC)CCC2)[C@H](O)C[C@H]1Cl)C(=O)O. The third kappa shape index (κ3) is 26.2. The van der Waals surface area contributed by atoms with E-state index in [9.17, 15) is 24.9 Å². The highest BCUT2D eigenvalue weighted by Gasteiger charge is 2.44. The molecule has 6 atom stereocenters. The summed E-state index contributed by atoms with van der Waals surface area (Å²) in [6, 6.07) is 0. The number of aldehydes is 1. The monoisotopic (exact) mass is 960 g/mol. The van der Waals surface area contributed by atoms with Crippen molar-refractivity contribution in [1.82, 2.24) is 4.90 Å². The molecule has 2 aliphatic rings. The van der Waals surface area contributed by atoms with Gasteiger partial charge in [0.15, 0.2) is 0 Å². The number of halogens is 1. The molecule has 0 saturated heterocycles. The minimum Gasteiger partial charge on any atom is -0.480 e. The first-order chi connectivity index (χ1) is 32.7. The number of aliphatic hydroxyl groups excluding tert-OH is 2. The van der Waals surface area contributed by atoms with Crippen molar-refractivity contribution in [2.45, 2.75) is 314 Å². The van der Waals surface area contributed by atoms with Crippen molar-refractivity contribution in [2.24, 2.45) is 17.3 Å². The molecule has 1 unspecified atom stereocenters. The number of carboxylic acid groups (broad SMARTS) is 1. The molecule has 3 N–H and O–H groups in total. The van der Waals surface area contributed by atoms with E-state index in [0.717, 1.165) is 64.3 Å². The molecule has 2 fully saturated rings. The van der Waals surface area contributed by atoms with Gasteiger partial charge in [0, 0.05) is 17.7 Å². The Balaban J connectivity index is 1.89. The Bertz CT molecular complexity index is 1200. The summed E-state index contributed by atoms with van der Waals surface area (Å²) >= 11 is 6.82. The number of hydrogen-bond donors (Lipinski definition) is 3. The van der Waals surface area contributed by atoms with Crippen LogP contribution in [-0.4, -0.2) is 68.7 Å². The highest BCUT2D eigenvalue weighted by molar-refractivity contribution is 6.21. The largest absolute Gasteiger partial charge is 0.480 e. The van der Waals surface area contributed by atoms with Crippen LogP contribution in [0.15, 0.2) is 24.3 Å². The van der Waals surface area contributed by atoms with Crippen molar-refractivity contribution in [3.63, 3.8) is 0 Å². The molecule has 2 saturated carbocycles. The summed E-state index contributed by atoms with van der Waals surface area (Å²) < 4.78 is 0. The molecule has 0 aromatic rings. The Labute approximate surface area is 420 Å². The van der Waals surface area contributed by atoms with E-state index in [1.54, 1.807) is 0 Å². The lowest BCUT2D eigenvalue weighted by molar-refractivity contribution is -0.154. The highest BCUT2D eigenvalue weighted by Crippen LogP contribution is 2.48. The van der Waals surface area contributed by atoms with Gasteiger partial charge in [0.2, 0.25) is 0 Å². The molecule has 0 aromatic heterocycles. The average molecular weight is 961 g/mol. The molecule has 67 heavy (non-hydrogen) atoms. The maximum Gasteiger partial charge on any atom is 0.324 e. The topological polar surface area (TPSA) is 98.1 Å². The number of allylic oxidation sites excluding steroid dienone is 2. The molecule has 0 aliphatic heterocycles. The second-order valence-corrected chi connectivity index (χ2v) is 22.4. The molecule has 0 spiro atoms. The molecule has 2 rings (SSSR count). The summed E-state index contributed by atoms with van der Waals surface area (Å²) in [5.74, 6) is -0.869. The van der Waals surface area contributed by atoms with Gasteiger partial charge in [0.25, 0.3) is 0 Å². The lowest BCUT2D eigenvalue weighted by Gasteiger charge is -2.45. The van der Waals surface area contributed by atoms with E-state index in [-0.39, 0.29) is 35.2 Å². The second-order valence-electron chi connectivity index (χ2n) is 21.9. The van der Waals surface area contributed by atoms with Crippen molar-refractivity contribution < 1.29 is 24.9 Å². The number of hydrogen-bond acceptors (Lipinski definition) is 5. The maximum absolute atomic E-state index is 13.3. The number of unbranched alkanes of at least 4 members (excludes halogenated alkanes) is 30. The summed E-state index contributed by atoms with van der Waals surface area (Å²) in [4.78, 5) is 27.8. The predicted octanol–water partition coefficient (Wildman–Crippen LogP) is 17.4. The Kier molecular flexibility index (Phi) is 37.3. The lowest BCUT2D eigenvalue weighted by Crippen LogP contribution is -2.55. The molecule has 7 heteroatoms. The molecule has 392 valence electrons. The third-order valence-corrected chi connectivity index (χ3v) is 17.1. The normalized spacial score (nSPS) is 20.8. The fourth-order valence-electron chi connectivity index (χ4n) is 11.6. The van der Waals surface area contributed by atoms with Crippen LogP contribution in [0, 0.1) is 17.3 Å². The van der Waals surface area contributed by atoms with Crippen LogP contribution in [0.1, 0.15) is 290 Å². The molecule has 0 heterocycles. The van der Waals surface area contributed by atoms with Crippen molar-refractivity contribution in [2.75, 3.05) is 13.1 Å². The smallest absolute Gasteiger partial charge is 0.324 e. The Morgan fingerprint density at radius 2 is 1.07 bits per heavy atom. The van der Waals surface area contributed by atoms with Gasteiger partial charge in [-0.25, -0.2) is 0 Å². The summed E-state index contributed by atoms with van der Waals surface area (Å²) in [6.45, 7) is 8.18. The zero-order valence-corrected chi connectivity index (χ0v) is 45.1. The number of aliphatic carboxylic acids is 1. The number of alkyl halides is 1. The van der Waals surface area contributed by atoms with Gasteiger partial charge in [-0.15, -0.1) is 11.6 Å². The first-order valence-corrected chi connectivity index (χ1v) is 29.9. The number of carboxylic acids is 1. The second kappa shape index (κ2) is 40.4. The standard InChI is InChI=1S/C60H110ClNO5/c1-4-7-9-11-13-15-17-19-21-23-25-27-29-31-33-38-49-62(50-39-34-32-30-28-26-24-22-20-18-16-14-12-10-8-5-2)60(48-51-63,58(66)67)47-37-35-36-42-53-54(56(64)52-55(53)61)43-40-44-57(65)59(6-3)45-41-46-59/h35-36,40,43,51,53-57,64-65H,4-34,37-39,41-42,44-50,52H2,1-3H3,(H,66,67)/b36-35-,43-40+/t53-,54-,55-,56-,57+,60?/m1/s1. The van der Waals surface area contributed by atoms with E-state index in [1.807, 2.05) is 0 Å². The highest BCUT2D eigenvalue weighted by atomic mass is 35.5. The van der Waals surface area contributed by atoms with Gasteiger partial charge in [-0.3, -0.25) is 9.69 Å². The predicted molar refractivity (Wildman–Crippen MR) is 288 cm³/mol.